The van der Waals surface area contributed by atoms with Gasteiger partial charge in [0, 0.05) is 33.8 Å². The molecule has 1 atom stereocenters. The van der Waals surface area contributed by atoms with Crippen molar-refractivity contribution in [3.05, 3.63) is 99.7 Å². The van der Waals surface area contributed by atoms with Crippen molar-refractivity contribution >= 4 is 40.9 Å². The van der Waals surface area contributed by atoms with Gasteiger partial charge in [0.1, 0.15) is 17.5 Å². The topological polar surface area (TPSA) is 90.3 Å². The molecule has 0 aliphatic carbocycles. The zero-order valence-electron chi connectivity index (χ0n) is 22.0. The molecule has 2 N–H and O–H groups in total. The van der Waals surface area contributed by atoms with E-state index < -0.39 is 6.04 Å². The molecule has 200 valence electrons. The van der Waals surface area contributed by atoms with Gasteiger partial charge in [0.15, 0.2) is 0 Å². The third-order valence-electron chi connectivity index (χ3n) is 6.40. The number of carbonyl (C=O) groups excluding carboxylic acids is 1. The summed E-state index contributed by atoms with van der Waals surface area (Å²) in [5.74, 6) is 2.10. The Labute approximate surface area is 236 Å². The van der Waals surface area contributed by atoms with E-state index in [0.29, 0.717) is 50.3 Å². The Morgan fingerprint density at radius 2 is 1.90 bits per heavy atom. The van der Waals surface area contributed by atoms with Gasteiger partial charge in [-0.1, -0.05) is 53.7 Å². The van der Waals surface area contributed by atoms with E-state index in [1.54, 1.807) is 25.0 Å². The number of halogens is 1. The second-order valence-corrected chi connectivity index (χ2v) is 10.4. The minimum atomic E-state index is -0.603. The highest BCUT2D eigenvalue weighted by Gasteiger charge is 2.36. The first kappa shape index (κ1) is 26.6. The number of hydrogen-bond acceptors (Lipinski definition) is 7. The average molecular weight is 562 g/mol. The lowest BCUT2D eigenvalue weighted by Gasteiger charge is -2.29. The molecule has 0 fully saturated rings. The first-order valence-corrected chi connectivity index (χ1v) is 13.6. The van der Waals surface area contributed by atoms with Crippen molar-refractivity contribution in [2.45, 2.75) is 30.8 Å². The maximum Gasteiger partial charge on any atom is 0.255 e. The lowest BCUT2D eigenvalue weighted by atomic mass is 9.94. The number of nitrogens with zero attached hydrogens (tertiary/aromatic N) is 3. The van der Waals surface area contributed by atoms with Gasteiger partial charge in [0.25, 0.3) is 5.91 Å². The molecule has 3 aromatic carbocycles. The number of carbonyl (C=O) groups is 1. The highest BCUT2D eigenvalue weighted by Crippen LogP contribution is 2.41. The molecule has 1 aliphatic heterocycles. The molecule has 1 amide bonds. The van der Waals surface area contributed by atoms with Crippen molar-refractivity contribution in [1.82, 2.24) is 14.8 Å². The molecule has 2 heterocycles. The molecule has 8 nitrogen and oxygen atoms in total. The summed E-state index contributed by atoms with van der Waals surface area (Å²) < 4.78 is 12.9. The summed E-state index contributed by atoms with van der Waals surface area (Å²) in [6.45, 7) is 3.85. The van der Waals surface area contributed by atoms with Gasteiger partial charge in [-0.15, -0.1) is 5.10 Å². The maximum atomic E-state index is 13.8. The van der Waals surface area contributed by atoms with E-state index in [1.807, 2.05) is 74.5 Å². The minimum absolute atomic E-state index is 0.250. The number of anilines is 2. The van der Waals surface area contributed by atoms with Crippen molar-refractivity contribution in [1.29, 1.82) is 0 Å². The second-order valence-electron chi connectivity index (χ2n) is 9.04. The number of aromatic nitrogens is 3. The van der Waals surface area contributed by atoms with Gasteiger partial charge in [0.2, 0.25) is 11.1 Å². The van der Waals surface area contributed by atoms with Crippen molar-refractivity contribution < 1.29 is 14.3 Å². The largest absolute Gasteiger partial charge is 0.497 e. The average Bonchev–Trinajstić information content (AvgIpc) is 3.33. The first-order valence-electron chi connectivity index (χ1n) is 12.3. The van der Waals surface area contributed by atoms with E-state index in [4.69, 9.17) is 31.2 Å². The smallest absolute Gasteiger partial charge is 0.255 e. The normalized spacial score (nSPS) is 14.4. The van der Waals surface area contributed by atoms with Gasteiger partial charge in [-0.25, -0.2) is 4.68 Å². The van der Waals surface area contributed by atoms with Crippen LogP contribution in [0.3, 0.4) is 0 Å². The van der Waals surface area contributed by atoms with Crippen LogP contribution in [-0.2, 0) is 10.5 Å². The summed E-state index contributed by atoms with van der Waals surface area (Å²) in [4.78, 5) is 18.5. The molecule has 0 saturated carbocycles. The quantitative estimate of drug-likeness (QED) is 0.238. The predicted octanol–water partition coefficient (Wildman–Crippen LogP) is 6.48. The highest BCUT2D eigenvalue weighted by molar-refractivity contribution is 7.98. The number of methoxy groups -OCH3 is 2. The molecule has 0 radical (unpaired) electrons. The van der Waals surface area contributed by atoms with Gasteiger partial charge in [-0.3, -0.25) is 4.79 Å². The monoisotopic (exact) mass is 561 g/mol. The predicted molar refractivity (Wildman–Crippen MR) is 155 cm³/mol. The number of thioether (sulfide) groups is 1. The van der Waals surface area contributed by atoms with Crippen LogP contribution in [-0.4, -0.2) is 34.9 Å². The van der Waals surface area contributed by atoms with Gasteiger partial charge >= 0.3 is 0 Å². The van der Waals surface area contributed by atoms with Crippen LogP contribution in [0.15, 0.2) is 83.2 Å². The summed E-state index contributed by atoms with van der Waals surface area (Å²) in [5, 5.41) is 12.4. The molecule has 1 aliphatic rings. The summed E-state index contributed by atoms with van der Waals surface area (Å²) in [5.41, 5.74) is 4.67. The molecule has 0 bridgehead atoms. The fourth-order valence-electron chi connectivity index (χ4n) is 4.50. The van der Waals surface area contributed by atoms with E-state index >= 15 is 0 Å². The molecule has 10 heteroatoms. The van der Waals surface area contributed by atoms with Gasteiger partial charge in [-0.05, 0) is 55.3 Å². The number of amides is 1. The number of nitrogens with one attached hydrogen (secondary N) is 2. The number of benzene rings is 3. The Bertz CT molecular complexity index is 1570. The second kappa shape index (κ2) is 11.4. The fraction of sp³-hybridized carbons (Fsp3) is 0.207. The Morgan fingerprint density at radius 1 is 1.08 bits per heavy atom. The molecule has 0 saturated heterocycles. The molecular formula is C29H28ClN5O3S. The number of ether oxygens (including phenoxy) is 2. The van der Waals surface area contributed by atoms with E-state index in [2.05, 4.69) is 10.6 Å². The fourth-order valence-corrected chi connectivity index (χ4v) is 5.61. The van der Waals surface area contributed by atoms with Gasteiger partial charge < -0.3 is 20.1 Å². The Kier molecular flexibility index (Phi) is 7.81. The van der Waals surface area contributed by atoms with E-state index in [0.717, 1.165) is 16.7 Å². The molecule has 39 heavy (non-hydrogen) atoms. The van der Waals surface area contributed by atoms with E-state index in [-0.39, 0.29) is 5.91 Å². The van der Waals surface area contributed by atoms with Crippen LogP contribution in [0.5, 0.6) is 11.5 Å². The van der Waals surface area contributed by atoms with E-state index in [9.17, 15) is 4.79 Å². The SMILES string of the molecule is COc1ccc(C2C(C(=O)Nc3cccc(C)c3)=C(C)Nc3nc(SCc4ccccc4Cl)nn32)c(OC)c1. The molecule has 0 spiro atoms. The molecule has 5 rings (SSSR count). The van der Waals surface area contributed by atoms with Crippen LogP contribution in [0.25, 0.3) is 0 Å². The van der Waals surface area contributed by atoms with Crippen LogP contribution in [0.1, 0.15) is 29.7 Å². The van der Waals surface area contributed by atoms with Gasteiger partial charge in [0.05, 0.1) is 19.8 Å². The number of aryl methyl sites for hydroxylation is 1. The molecule has 1 unspecified atom stereocenters. The van der Waals surface area contributed by atoms with Crippen molar-refractivity contribution in [2.75, 3.05) is 24.9 Å². The standard InChI is InChI=1S/C29H28ClN5O3S/c1-17-8-7-10-20(14-17)32-27(36)25-18(2)31-28-33-29(39-16-19-9-5-6-11-23(19)30)34-35(28)26(25)22-13-12-21(37-3)15-24(22)38-4/h5-15,26H,16H2,1-4H3,(H,32,36)(H,31,33,34). The van der Waals surface area contributed by atoms with E-state index in [1.165, 1.54) is 11.8 Å². The molecule has 4 aromatic rings. The maximum absolute atomic E-state index is 13.8. The molecule has 1 aromatic heterocycles. The minimum Gasteiger partial charge on any atom is -0.497 e. The number of allylic oxidation sites excluding steroid dienone is 1. The summed E-state index contributed by atoms with van der Waals surface area (Å²) in [6, 6.07) is 20.3. The third kappa shape index (κ3) is 5.60. The molecular weight excluding hydrogens is 534 g/mol. The summed E-state index contributed by atoms with van der Waals surface area (Å²) in [7, 11) is 3.19. The first-order chi connectivity index (χ1) is 18.9. The van der Waals surface area contributed by atoms with Crippen LogP contribution >= 0.6 is 23.4 Å². The summed E-state index contributed by atoms with van der Waals surface area (Å²) in [6.07, 6.45) is 0. The number of fused-ring (bicyclic) bond motifs is 1. The lowest BCUT2D eigenvalue weighted by molar-refractivity contribution is -0.113. The van der Waals surface area contributed by atoms with Crippen LogP contribution < -0.4 is 20.1 Å². The Hall–Kier alpha value is -3.95. The lowest BCUT2D eigenvalue weighted by Crippen LogP contribution is -2.31. The van der Waals surface area contributed by atoms with Gasteiger partial charge in [-0.2, -0.15) is 4.98 Å². The van der Waals surface area contributed by atoms with Crippen molar-refractivity contribution in [3.63, 3.8) is 0 Å². The van der Waals surface area contributed by atoms with Crippen molar-refractivity contribution in [2.24, 2.45) is 0 Å². The number of rotatable bonds is 8. The highest BCUT2D eigenvalue weighted by atomic mass is 35.5. The van der Waals surface area contributed by atoms with Crippen LogP contribution in [0, 0.1) is 6.92 Å². The Morgan fingerprint density at radius 3 is 2.64 bits per heavy atom. The van der Waals surface area contributed by atoms with Crippen LogP contribution in [0.4, 0.5) is 11.6 Å². The number of hydrogen-bond donors (Lipinski definition) is 2. The van der Waals surface area contributed by atoms with Crippen molar-refractivity contribution in [3.8, 4) is 11.5 Å². The summed E-state index contributed by atoms with van der Waals surface area (Å²) >= 11 is 7.83. The zero-order chi connectivity index (χ0) is 27.5. The van der Waals surface area contributed by atoms with Crippen LogP contribution in [0.2, 0.25) is 5.02 Å². The third-order valence-corrected chi connectivity index (χ3v) is 7.66. The zero-order valence-corrected chi connectivity index (χ0v) is 23.6. The Balaban J connectivity index is 1.55.